The van der Waals surface area contributed by atoms with Crippen LogP contribution in [-0.2, 0) is 20.8 Å². The lowest BCUT2D eigenvalue weighted by Crippen LogP contribution is -2.24. The number of carbonyl (C=O) groups excluding carboxylic acids is 1. The number of Topliss-reactive ketones (excluding diaryl/α,β-unsaturated/α-hetero) is 1. The number of rotatable bonds is 12. The molecular formula is C30H33FN6O4. The topological polar surface area (TPSA) is 104 Å². The quantitative estimate of drug-likeness (QED) is 0.234. The summed E-state index contributed by atoms with van der Waals surface area (Å²) < 4.78 is 26.3. The fourth-order valence-electron chi connectivity index (χ4n) is 5.07. The van der Waals surface area contributed by atoms with Crippen LogP contribution in [0, 0.1) is 18.8 Å². The van der Waals surface area contributed by atoms with Crippen molar-refractivity contribution >= 4 is 5.78 Å². The summed E-state index contributed by atoms with van der Waals surface area (Å²) in [6.45, 7) is 5.84. The molecule has 1 aliphatic rings. The first-order valence-electron chi connectivity index (χ1n) is 13.6. The predicted octanol–water partition coefficient (Wildman–Crippen LogP) is 4.32. The standard InChI is InChI=1S/C30H33FN6O4/c1-4-40-30-33-17-23(18-34-30)28-20(2)26(37(35-28)24-8-6-5-7-9-24)16-25(38)14-22-19-36(12-13-39-3)41-29(22)21-10-11-32-27(31)15-21/h5-11,15,17-18,22,29H,4,12-14,16,19H2,1-3H3/t22-,29+/m0/s1. The van der Waals surface area contributed by atoms with E-state index in [-0.39, 0.29) is 24.5 Å². The Morgan fingerprint density at radius 2 is 1.93 bits per heavy atom. The van der Waals surface area contributed by atoms with Crippen LogP contribution in [0.2, 0.25) is 0 Å². The van der Waals surface area contributed by atoms with Gasteiger partial charge in [0.15, 0.2) is 0 Å². The van der Waals surface area contributed by atoms with Crippen LogP contribution in [0.3, 0.4) is 0 Å². The number of para-hydroxylation sites is 1. The van der Waals surface area contributed by atoms with Crippen molar-refractivity contribution in [2.24, 2.45) is 5.92 Å². The molecule has 0 bridgehead atoms. The molecule has 0 aliphatic carbocycles. The molecule has 4 aromatic rings. The third-order valence-corrected chi connectivity index (χ3v) is 7.03. The normalized spacial score (nSPS) is 17.2. The van der Waals surface area contributed by atoms with Crippen LogP contribution in [0.1, 0.15) is 36.3 Å². The fraction of sp³-hybridized carbons (Fsp3) is 0.367. The lowest BCUT2D eigenvalue weighted by atomic mass is 9.91. The van der Waals surface area contributed by atoms with Crippen molar-refractivity contribution < 1.29 is 23.5 Å². The lowest BCUT2D eigenvalue weighted by molar-refractivity contribution is -0.155. The maximum Gasteiger partial charge on any atom is 0.316 e. The number of ketones is 1. The second kappa shape index (κ2) is 13.1. The molecule has 0 amide bonds. The highest BCUT2D eigenvalue weighted by atomic mass is 19.1. The van der Waals surface area contributed by atoms with Crippen molar-refractivity contribution in [2.75, 3.05) is 33.4 Å². The predicted molar refractivity (Wildman–Crippen MR) is 149 cm³/mol. The average Bonchev–Trinajstić information content (AvgIpc) is 3.53. The second-order valence-corrected chi connectivity index (χ2v) is 9.85. The summed E-state index contributed by atoms with van der Waals surface area (Å²) in [5.74, 6) is -0.727. The molecule has 3 aromatic heterocycles. The van der Waals surface area contributed by atoms with E-state index in [2.05, 4.69) is 15.0 Å². The number of aromatic nitrogens is 5. The Bertz CT molecular complexity index is 1460. The Labute approximate surface area is 238 Å². The molecule has 0 unspecified atom stereocenters. The molecule has 0 saturated carbocycles. The van der Waals surface area contributed by atoms with Crippen molar-refractivity contribution in [3.8, 4) is 23.0 Å². The third kappa shape index (κ3) is 6.64. The smallest absolute Gasteiger partial charge is 0.316 e. The van der Waals surface area contributed by atoms with E-state index in [0.29, 0.717) is 43.6 Å². The number of hydroxylamine groups is 2. The van der Waals surface area contributed by atoms with Gasteiger partial charge in [-0.2, -0.15) is 14.6 Å². The van der Waals surface area contributed by atoms with Crippen molar-refractivity contribution in [3.63, 3.8) is 0 Å². The number of carbonyl (C=O) groups is 1. The highest BCUT2D eigenvalue weighted by molar-refractivity contribution is 5.82. The molecular weight excluding hydrogens is 527 g/mol. The molecule has 214 valence electrons. The van der Waals surface area contributed by atoms with E-state index in [4.69, 9.17) is 19.4 Å². The van der Waals surface area contributed by atoms with Gasteiger partial charge in [-0.1, -0.05) is 18.2 Å². The van der Waals surface area contributed by atoms with Gasteiger partial charge in [-0.05, 0) is 49.2 Å². The number of hydrogen-bond acceptors (Lipinski definition) is 9. The Morgan fingerprint density at radius 3 is 2.63 bits per heavy atom. The molecule has 1 aromatic carbocycles. The van der Waals surface area contributed by atoms with Crippen molar-refractivity contribution in [1.29, 1.82) is 0 Å². The molecule has 11 heteroatoms. The summed E-state index contributed by atoms with van der Waals surface area (Å²) in [5, 5.41) is 6.66. The second-order valence-electron chi connectivity index (χ2n) is 9.85. The van der Waals surface area contributed by atoms with Crippen molar-refractivity contribution in [1.82, 2.24) is 29.8 Å². The summed E-state index contributed by atoms with van der Waals surface area (Å²) in [6, 6.07) is 13.1. The molecule has 0 spiro atoms. The average molecular weight is 561 g/mol. The molecule has 1 fully saturated rings. The van der Waals surface area contributed by atoms with E-state index in [0.717, 1.165) is 22.5 Å². The zero-order valence-corrected chi connectivity index (χ0v) is 23.4. The zero-order chi connectivity index (χ0) is 28.8. The third-order valence-electron chi connectivity index (χ3n) is 7.03. The van der Waals surface area contributed by atoms with Gasteiger partial charge in [0.05, 0.1) is 30.3 Å². The molecule has 0 N–H and O–H groups in total. The Balaban J connectivity index is 1.41. The highest BCUT2D eigenvalue weighted by Gasteiger charge is 2.37. The van der Waals surface area contributed by atoms with Crippen LogP contribution >= 0.6 is 0 Å². The molecule has 41 heavy (non-hydrogen) atoms. The number of hydrogen-bond donors (Lipinski definition) is 0. The first kappa shape index (κ1) is 28.5. The maximum atomic E-state index is 14.0. The fourth-order valence-corrected chi connectivity index (χ4v) is 5.07. The van der Waals surface area contributed by atoms with Crippen molar-refractivity contribution in [3.05, 3.63) is 83.8 Å². The molecule has 1 aliphatic heterocycles. The summed E-state index contributed by atoms with van der Waals surface area (Å²) >= 11 is 0. The molecule has 0 radical (unpaired) electrons. The van der Waals surface area contributed by atoms with Gasteiger partial charge < -0.3 is 9.47 Å². The Hall–Kier alpha value is -4.06. The Kier molecular flexibility index (Phi) is 9.07. The van der Waals surface area contributed by atoms with Gasteiger partial charge in [0.1, 0.15) is 11.9 Å². The van der Waals surface area contributed by atoms with Gasteiger partial charge in [0, 0.05) is 63.1 Å². The number of methoxy groups -OCH3 is 1. The van der Waals surface area contributed by atoms with Gasteiger partial charge in [-0.25, -0.2) is 19.6 Å². The van der Waals surface area contributed by atoms with Gasteiger partial charge in [-0.15, -0.1) is 0 Å². The van der Waals surface area contributed by atoms with Crippen LogP contribution in [0.4, 0.5) is 4.39 Å². The van der Waals surface area contributed by atoms with Gasteiger partial charge in [0.2, 0.25) is 5.95 Å². The molecule has 10 nitrogen and oxygen atoms in total. The summed E-state index contributed by atoms with van der Waals surface area (Å²) in [7, 11) is 1.62. The SMILES string of the molecule is CCOc1ncc(-c2nn(-c3ccccc3)c(CC(=O)C[C@H]3CN(CCOC)O[C@@H]3c3ccnc(F)c3)c2C)cn1. The van der Waals surface area contributed by atoms with Crippen LogP contribution in [0.15, 0.2) is 61.1 Å². The van der Waals surface area contributed by atoms with E-state index in [1.54, 1.807) is 30.6 Å². The number of pyridine rings is 1. The molecule has 5 rings (SSSR count). The summed E-state index contributed by atoms with van der Waals surface area (Å²) in [4.78, 5) is 32.0. The number of halogens is 1. The van der Waals surface area contributed by atoms with Crippen LogP contribution < -0.4 is 4.74 Å². The number of ether oxygens (including phenoxy) is 2. The monoisotopic (exact) mass is 560 g/mol. The minimum absolute atomic E-state index is 0.0291. The van der Waals surface area contributed by atoms with Gasteiger partial charge in [0.25, 0.3) is 0 Å². The molecule has 2 atom stereocenters. The maximum absolute atomic E-state index is 14.0. The van der Waals surface area contributed by atoms with E-state index in [9.17, 15) is 9.18 Å². The first-order valence-corrected chi connectivity index (χ1v) is 13.6. The molecule has 4 heterocycles. The molecule has 1 saturated heterocycles. The van der Waals surface area contributed by atoms with E-state index >= 15 is 0 Å². The number of nitrogens with zero attached hydrogens (tertiary/aromatic N) is 6. The van der Waals surface area contributed by atoms with Crippen LogP contribution in [0.5, 0.6) is 6.01 Å². The highest BCUT2D eigenvalue weighted by Crippen LogP contribution is 2.37. The van der Waals surface area contributed by atoms with Crippen molar-refractivity contribution in [2.45, 2.75) is 32.8 Å². The summed E-state index contributed by atoms with van der Waals surface area (Å²) in [6.07, 6.45) is 4.72. The summed E-state index contributed by atoms with van der Waals surface area (Å²) in [5.41, 5.74) is 4.57. The van der Waals surface area contributed by atoms with Gasteiger partial charge >= 0.3 is 6.01 Å². The lowest BCUT2D eigenvalue weighted by Gasteiger charge is -2.17. The zero-order valence-electron chi connectivity index (χ0n) is 23.4. The minimum Gasteiger partial charge on any atom is -0.464 e. The van der Waals surface area contributed by atoms with Crippen LogP contribution in [0.25, 0.3) is 16.9 Å². The largest absolute Gasteiger partial charge is 0.464 e. The first-order chi connectivity index (χ1) is 20.0. The number of benzene rings is 1. The minimum atomic E-state index is -0.584. The van der Waals surface area contributed by atoms with E-state index < -0.39 is 12.1 Å². The van der Waals surface area contributed by atoms with E-state index in [1.165, 1.54) is 12.3 Å². The van der Waals surface area contributed by atoms with E-state index in [1.807, 2.05) is 48.9 Å². The van der Waals surface area contributed by atoms with Crippen LogP contribution in [-0.4, -0.2) is 69.0 Å². The van der Waals surface area contributed by atoms with Gasteiger partial charge in [-0.3, -0.25) is 9.63 Å². The Morgan fingerprint density at radius 1 is 1.15 bits per heavy atom.